The molecule has 4 amide bonds. The predicted octanol–water partition coefficient (Wildman–Crippen LogP) is 6.63. The molecule has 0 saturated carbocycles. The lowest BCUT2D eigenvalue weighted by Gasteiger charge is -2.36. The Kier molecular flexibility index (Phi) is 10.3. The lowest BCUT2D eigenvalue weighted by atomic mass is 9.92. The summed E-state index contributed by atoms with van der Waals surface area (Å²) in [6, 6.07) is 12.4. The summed E-state index contributed by atoms with van der Waals surface area (Å²) in [5.41, 5.74) is 0.421. The van der Waals surface area contributed by atoms with Crippen molar-refractivity contribution in [3.05, 3.63) is 72.2 Å². The number of anilines is 4. The Balaban J connectivity index is 0.832. The Morgan fingerprint density at radius 2 is 1.60 bits per heavy atom. The molecule has 6 heterocycles. The Hall–Kier alpha value is -5.60. The number of pyridine rings is 1. The van der Waals surface area contributed by atoms with Gasteiger partial charge in [-0.25, -0.2) is 4.79 Å². The van der Waals surface area contributed by atoms with E-state index < -0.39 is 34.8 Å². The fourth-order valence-corrected chi connectivity index (χ4v) is 9.27. The number of urea groups is 1. The summed E-state index contributed by atoms with van der Waals surface area (Å²) in [5, 5.41) is 17.2. The number of imide groups is 1. The van der Waals surface area contributed by atoms with Gasteiger partial charge in [0.25, 0.3) is 5.91 Å². The molecule has 4 aliphatic heterocycles. The first-order chi connectivity index (χ1) is 27.7. The van der Waals surface area contributed by atoms with Crippen LogP contribution in [0.15, 0.2) is 61.1 Å². The van der Waals surface area contributed by atoms with Gasteiger partial charge in [-0.15, -0.1) is 0 Å². The molecule has 4 aromatic rings. The monoisotopic (exact) mass is 812 g/mol. The molecule has 13 nitrogen and oxygen atoms in total. The van der Waals surface area contributed by atoms with Gasteiger partial charge in [0.2, 0.25) is 5.91 Å². The molecule has 302 valence electrons. The highest BCUT2D eigenvalue weighted by molar-refractivity contribution is 7.81. The van der Waals surface area contributed by atoms with Crippen LogP contribution < -0.4 is 24.9 Å². The molecule has 2 aromatic heterocycles. The number of hydrogen-bond donors (Lipinski definition) is 1. The normalized spacial score (nSPS) is 20.0. The van der Waals surface area contributed by atoms with Crippen molar-refractivity contribution in [2.24, 2.45) is 5.92 Å². The molecule has 8 rings (SSSR count). The molecule has 4 fully saturated rings. The number of nitrogens with zero attached hydrogens (tertiary/aromatic N) is 9. The van der Waals surface area contributed by atoms with Crippen LogP contribution in [-0.2, 0) is 15.8 Å². The third kappa shape index (κ3) is 7.23. The van der Waals surface area contributed by atoms with Crippen molar-refractivity contribution in [3.63, 3.8) is 0 Å². The van der Waals surface area contributed by atoms with Gasteiger partial charge in [0.1, 0.15) is 5.54 Å². The number of hydrogen-bond acceptors (Lipinski definition) is 9. The fraction of sp³-hybridized carbons (Fsp3) is 0.439. The summed E-state index contributed by atoms with van der Waals surface area (Å²) in [6.07, 6.45) is 5.94. The molecule has 0 unspecified atom stereocenters. The zero-order chi connectivity index (χ0) is 40.9. The number of rotatable bonds is 8. The number of fused-ring (bicyclic) bond motifs is 1. The van der Waals surface area contributed by atoms with E-state index >= 15 is 0 Å². The molecule has 0 aliphatic carbocycles. The van der Waals surface area contributed by atoms with Crippen molar-refractivity contribution >= 4 is 68.8 Å². The predicted molar refractivity (Wildman–Crippen MR) is 217 cm³/mol. The number of thiocarbonyl (C=S) groups is 1. The minimum atomic E-state index is -4.77. The van der Waals surface area contributed by atoms with Crippen LogP contribution in [0.4, 0.5) is 40.7 Å². The van der Waals surface area contributed by atoms with Crippen LogP contribution in [0.2, 0.25) is 0 Å². The van der Waals surface area contributed by atoms with E-state index in [2.05, 4.69) is 20.1 Å². The zero-order valence-electron chi connectivity index (χ0n) is 32.2. The number of carbonyl (C=O) groups excluding carboxylic acids is 3. The molecule has 0 radical (unpaired) electrons. The lowest BCUT2D eigenvalue weighted by molar-refractivity contribution is -0.137. The molecule has 0 atom stereocenters. The molecular weight excluding hydrogens is 770 g/mol. The third-order valence-corrected chi connectivity index (χ3v) is 12.4. The lowest BCUT2D eigenvalue weighted by Crippen LogP contribution is -2.49. The number of nitrogens with one attached hydrogen (secondary N) is 1. The molecule has 0 spiro atoms. The van der Waals surface area contributed by atoms with Crippen LogP contribution >= 0.6 is 12.2 Å². The van der Waals surface area contributed by atoms with E-state index in [0.29, 0.717) is 23.8 Å². The van der Waals surface area contributed by atoms with E-state index in [9.17, 15) is 32.8 Å². The van der Waals surface area contributed by atoms with E-state index in [0.717, 1.165) is 98.5 Å². The molecule has 4 saturated heterocycles. The summed E-state index contributed by atoms with van der Waals surface area (Å²) in [5.74, 6) is -0.116. The van der Waals surface area contributed by atoms with Gasteiger partial charge in [-0.05, 0) is 113 Å². The number of nitriles is 1. The van der Waals surface area contributed by atoms with Crippen LogP contribution in [0.25, 0.3) is 10.9 Å². The maximum absolute atomic E-state index is 13.7. The van der Waals surface area contributed by atoms with Crippen LogP contribution in [-0.4, -0.2) is 87.4 Å². The molecule has 1 N–H and O–H groups in total. The SMILES string of the molecule is CC1(C)C(=O)N(c2ccc(C#N)c(C(F)(F)F)c2)C(=S)N1c1ccc(N2CCC(CCN3CCC(n4ncc5c(N6CCC(=O)NC6=O)cncc54)CC3)CC2)cc1. The van der Waals surface area contributed by atoms with E-state index in [4.69, 9.17) is 17.3 Å². The number of piperidine rings is 2. The maximum atomic E-state index is 13.7. The van der Waals surface area contributed by atoms with Crippen molar-refractivity contribution in [3.8, 4) is 6.07 Å². The van der Waals surface area contributed by atoms with E-state index in [1.54, 1.807) is 48.3 Å². The highest BCUT2D eigenvalue weighted by atomic mass is 32.1. The second-order valence-electron chi connectivity index (χ2n) is 15.9. The first kappa shape index (κ1) is 39.2. The van der Waals surface area contributed by atoms with Crippen LogP contribution in [0.5, 0.6) is 0 Å². The minimum absolute atomic E-state index is 0.0382. The molecular formula is C41H43F3N10O3S. The van der Waals surface area contributed by atoms with E-state index in [-0.39, 0.29) is 29.2 Å². The average molecular weight is 813 g/mol. The number of amides is 4. The van der Waals surface area contributed by atoms with Gasteiger partial charge in [0.05, 0.1) is 58.7 Å². The van der Waals surface area contributed by atoms with Crippen molar-refractivity contribution < 1.29 is 27.6 Å². The van der Waals surface area contributed by atoms with E-state index in [1.165, 1.54) is 6.07 Å². The molecule has 58 heavy (non-hydrogen) atoms. The maximum Gasteiger partial charge on any atom is 0.417 e. The Labute approximate surface area is 339 Å². The second kappa shape index (κ2) is 15.3. The van der Waals surface area contributed by atoms with Gasteiger partial charge >= 0.3 is 12.2 Å². The summed E-state index contributed by atoms with van der Waals surface area (Å²) in [4.78, 5) is 51.5. The molecule has 0 bridgehead atoms. The second-order valence-corrected chi connectivity index (χ2v) is 16.3. The Morgan fingerprint density at radius 1 is 0.914 bits per heavy atom. The van der Waals surface area contributed by atoms with Crippen molar-refractivity contribution in [2.45, 2.75) is 70.1 Å². The van der Waals surface area contributed by atoms with Crippen LogP contribution in [0.3, 0.4) is 0 Å². The first-order valence-corrected chi connectivity index (χ1v) is 20.0. The number of benzene rings is 2. The van der Waals surface area contributed by atoms with Gasteiger partial charge < -0.3 is 14.7 Å². The largest absolute Gasteiger partial charge is 0.417 e. The van der Waals surface area contributed by atoms with Gasteiger partial charge in [-0.1, -0.05) is 0 Å². The smallest absolute Gasteiger partial charge is 0.372 e. The van der Waals surface area contributed by atoms with Crippen LogP contribution in [0, 0.1) is 17.2 Å². The van der Waals surface area contributed by atoms with Gasteiger partial charge in [0.15, 0.2) is 5.11 Å². The molecule has 2 aromatic carbocycles. The summed E-state index contributed by atoms with van der Waals surface area (Å²) >= 11 is 5.71. The summed E-state index contributed by atoms with van der Waals surface area (Å²) in [7, 11) is 0. The van der Waals surface area contributed by atoms with Gasteiger partial charge in [-0.3, -0.25) is 34.4 Å². The first-order valence-electron chi connectivity index (χ1n) is 19.5. The topological polar surface area (TPSA) is 134 Å². The van der Waals surface area contributed by atoms with Crippen LogP contribution in [0.1, 0.15) is 69.5 Å². The van der Waals surface area contributed by atoms with Gasteiger partial charge in [-0.2, -0.15) is 23.5 Å². The van der Waals surface area contributed by atoms with Gasteiger partial charge in [0, 0.05) is 55.9 Å². The number of likely N-dealkylation sites (tertiary alicyclic amines) is 1. The summed E-state index contributed by atoms with van der Waals surface area (Å²) < 4.78 is 43.3. The minimum Gasteiger partial charge on any atom is -0.372 e. The third-order valence-electron chi connectivity index (χ3n) is 12.0. The summed E-state index contributed by atoms with van der Waals surface area (Å²) in [6.45, 7) is 8.53. The molecule has 17 heteroatoms. The number of alkyl halides is 3. The quantitative estimate of drug-likeness (QED) is 0.194. The Bertz CT molecular complexity index is 2310. The van der Waals surface area contributed by atoms with Crippen molar-refractivity contribution in [1.82, 2.24) is 25.0 Å². The van der Waals surface area contributed by atoms with Crippen molar-refractivity contribution in [1.29, 1.82) is 5.26 Å². The average Bonchev–Trinajstić information content (AvgIpc) is 3.72. The fourth-order valence-electron chi connectivity index (χ4n) is 8.75. The number of aromatic nitrogens is 3. The highest BCUT2D eigenvalue weighted by Gasteiger charge is 2.51. The van der Waals surface area contributed by atoms with E-state index in [1.807, 2.05) is 28.9 Å². The number of halogens is 3. The number of carbonyl (C=O) groups is 3. The molecule has 4 aliphatic rings. The standard InChI is InChI=1S/C41H43F3N10O3S/c1-40(2)37(56)52(31-4-3-27(22-45)33(21-31)41(42,43)44)39(58)53(40)29-7-5-28(6-8-29)50-18-10-26(11-19-50)9-15-49-16-12-30(13-17-49)54-35-25-46-24-34(32(35)23-47-54)51-20-14-36(55)48-38(51)57/h3-8,21,23-26,30H,9-20H2,1-2H3,(H,48,55,57). The zero-order valence-corrected chi connectivity index (χ0v) is 33.0. The van der Waals surface area contributed by atoms with Crippen molar-refractivity contribution in [2.75, 3.05) is 58.9 Å². The highest BCUT2D eigenvalue weighted by Crippen LogP contribution is 2.40. The Morgan fingerprint density at radius 3 is 2.28 bits per heavy atom.